The molecule has 1 saturated heterocycles. The van der Waals surface area contributed by atoms with E-state index in [1.54, 1.807) is 19.2 Å². The van der Waals surface area contributed by atoms with Crippen molar-refractivity contribution in [1.29, 1.82) is 0 Å². The minimum atomic E-state index is -5.08. The number of carbonyl (C=O) groups excluding carboxylic acids is 1. The van der Waals surface area contributed by atoms with Crippen molar-refractivity contribution in [1.82, 2.24) is 15.0 Å². The molecular weight excluding hydrogens is 423 g/mol. The molecule has 2 aromatic heterocycles. The second-order valence-electron chi connectivity index (χ2n) is 6.93. The molecule has 0 bridgehead atoms. The summed E-state index contributed by atoms with van der Waals surface area (Å²) in [6, 6.07) is 7.24. The first kappa shape index (κ1) is 22.5. The summed E-state index contributed by atoms with van der Waals surface area (Å²) in [4.78, 5) is 27.7. The molecule has 3 heterocycles. The van der Waals surface area contributed by atoms with Crippen molar-refractivity contribution in [2.45, 2.75) is 44.2 Å². The molecular formula is C19H20F3N3O6. The lowest BCUT2D eigenvalue weighted by molar-refractivity contribution is -0.192. The summed E-state index contributed by atoms with van der Waals surface area (Å²) in [5, 5.41) is 11.0. The van der Waals surface area contributed by atoms with Gasteiger partial charge in [0, 0.05) is 24.9 Å². The number of rotatable bonds is 3. The number of carboxylic acid groups (broad SMARTS) is 1. The number of aryl methyl sites for hydroxylation is 1. The average molecular weight is 443 g/mol. The van der Waals surface area contributed by atoms with Crippen LogP contribution >= 0.6 is 0 Å². The van der Waals surface area contributed by atoms with Crippen LogP contribution in [-0.2, 0) is 9.53 Å². The van der Waals surface area contributed by atoms with Crippen LogP contribution in [-0.4, -0.2) is 69.6 Å². The Kier molecular flexibility index (Phi) is 6.78. The van der Waals surface area contributed by atoms with Crippen LogP contribution in [0.1, 0.15) is 29.1 Å². The third-order valence-corrected chi connectivity index (χ3v) is 4.80. The summed E-state index contributed by atoms with van der Waals surface area (Å²) < 4.78 is 48.7. The minimum Gasteiger partial charge on any atom is -0.475 e. The highest BCUT2D eigenvalue weighted by Gasteiger charge is 2.46. The predicted molar refractivity (Wildman–Crippen MR) is 97.4 cm³/mol. The fourth-order valence-electron chi connectivity index (χ4n) is 3.48. The molecule has 2 aromatic rings. The van der Waals surface area contributed by atoms with Crippen LogP contribution in [0.4, 0.5) is 13.2 Å². The van der Waals surface area contributed by atoms with E-state index in [9.17, 15) is 18.0 Å². The third-order valence-electron chi connectivity index (χ3n) is 4.80. The molecule has 0 aromatic carbocycles. The van der Waals surface area contributed by atoms with E-state index < -0.39 is 12.1 Å². The van der Waals surface area contributed by atoms with Gasteiger partial charge in [-0.05, 0) is 25.8 Å². The zero-order valence-electron chi connectivity index (χ0n) is 16.4. The smallest absolute Gasteiger partial charge is 0.475 e. The van der Waals surface area contributed by atoms with Crippen LogP contribution in [0, 0.1) is 6.92 Å². The standard InChI is InChI=1S/C17H19N3O4.C2HF3O2/c1-11-10-12(19-24-11)17(21)20-8-9-22-16-13(20)5-6-14(16)23-15-4-2-3-7-18-15;3-2(4,5)1(6)7/h2-4,7,10,13-14,16H,5-6,8-9H2,1H3;(H,6,7)/t13-,14-,16+;/m0./s1. The van der Waals surface area contributed by atoms with Crippen molar-refractivity contribution in [3.63, 3.8) is 0 Å². The number of nitrogens with zero attached hydrogens (tertiary/aromatic N) is 3. The second-order valence-corrected chi connectivity index (χ2v) is 6.93. The molecule has 1 aliphatic heterocycles. The van der Waals surface area contributed by atoms with E-state index in [1.807, 2.05) is 23.1 Å². The van der Waals surface area contributed by atoms with E-state index in [2.05, 4.69) is 10.1 Å². The maximum Gasteiger partial charge on any atom is 0.490 e. The predicted octanol–water partition coefficient (Wildman–Crippen LogP) is 2.46. The Labute approximate surface area is 174 Å². The molecule has 12 heteroatoms. The van der Waals surface area contributed by atoms with E-state index in [-0.39, 0.29) is 24.2 Å². The second kappa shape index (κ2) is 9.33. The van der Waals surface area contributed by atoms with Crippen molar-refractivity contribution in [2.75, 3.05) is 13.2 Å². The van der Waals surface area contributed by atoms with Crippen LogP contribution in [0.15, 0.2) is 35.0 Å². The SMILES string of the molecule is Cc1cc(C(=O)N2CCO[C@H]3[C@@H](Oc4ccccn4)CC[C@@H]32)no1.O=C(O)C(F)(F)F. The number of amides is 1. The summed E-state index contributed by atoms with van der Waals surface area (Å²) in [6.07, 6.45) is -1.96. The molecule has 2 fully saturated rings. The molecule has 1 aliphatic carbocycles. The van der Waals surface area contributed by atoms with E-state index in [4.69, 9.17) is 23.9 Å². The molecule has 3 atom stereocenters. The lowest BCUT2D eigenvalue weighted by Gasteiger charge is -2.38. The Morgan fingerprint density at radius 2 is 2.03 bits per heavy atom. The fourth-order valence-corrected chi connectivity index (χ4v) is 3.48. The number of morpholine rings is 1. The molecule has 0 radical (unpaired) electrons. The number of pyridine rings is 1. The quantitative estimate of drug-likeness (QED) is 0.770. The van der Waals surface area contributed by atoms with Gasteiger partial charge in [0.05, 0.1) is 12.6 Å². The molecule has 1 amide bonds. The van der Waals surface area contributed by atoms with E-state index >= 15 is 0 Å². The number of fused-ring (bicyclic) bond motifs is 1. The van der Waals surface area contributed by atoms with Crippen molar-refractivity contribution < 1.29 is 41.9 Å². The van der Waals surface area contributed by atoms with Crippen LogP contribution in [0.25, 0.3) is 0 Å². The van der Waals surface area contributed by atoms with Gasteiger partial charge in [-0.25, -0.2) is 9.78 Å². The normalized spacial score (nSPS) is 22.8. The van der Waals surface area contributed by atoms with Crippen LogP contribution in [0.3, 0.4) is 0 Å². The van der Waals surface area contributed by atoms with Gasteiger partial charge in [-0.3, -0.25) is 4.79 Å². The highest BCUT2D eigenvalue weighted by molar-refractivity contribution is 5.92. The maximum atomic E-state index is 12.7. The van der Waals surface area contributed by atoms with Gasteiger partial charge in [0.25, 0.3) is 5.91 Å². The molecule has 168 valence electrons. The lowest BCUT2D eigenvalue weighted by atomic mass is 10.1. The van der Waals surface area contributed by atoms with Gasteiger partial charge >= 0.3 is 12.1 Å². The Bertz CT molecular complexity index is 905. The number of carboxylic acids is 1. The number of aromatic nitrogens is 2. The van der Waals surface area contributed by atoms with E-state index in [1.165, 1.54) is 0 Å². The number of carbonyl (C=O) groups is 2. The lowest BCUT2D eigenvalue weighted by Crippen LogP contribution is -2.54. The van der Waals surface area contributed by atoms with Crippen LogP contribution < -0.4 is 4.74 Å². The summed E-state index contributed by atoms with van der Waals surface area (Å²) in [5.41, 5.74) is 0.349. The number of alkyl halides is 3. The molecule has 0 unspecified atom stereocenters. The summed E-state index contributed by atoms with van der Waals surface area (Å²) in [6.45, 7) is 2.83. The Hall–Kier alpha value is -3.15. The van der Waals surface area contributed by atoms with Gasteiger partial charge in [-0.2, -0.15) is 13.2 Å². The summed E-state index contributed by atoms with van der Waals surface area (Å²) in [7, 11) is 0. The number of hydrogen-bond acceptors (Lipinski definition) is 7. The molecule has 1 N–H and O–H groups in total. The van der Waals surface area contributed by atoms with E-state index in [0.717, 1.165) is 12.8 Å². The van der Waals surface area contributed by atoms with Gasteiger partial charge in [0.15, 0.2) is 5.69 Å². The zero-order valence-corrected chi connectivity index (χ0v) is 16.4. The van der Waals surface area contributed by atoms with Crippen molar-refractivity contribution >= 4 is 11.9 Å². The first-order valence-corrected chi connectivity index (χ1v) is 9.40. The topological polar surface area (TPSA) is 115 Å². The minimum absolute atomic E-state index is 0.00281. The first-order valence-electron chi connectivity index (χ1n) is 9.40. The molecule has 1 saturated carbocycles. The Balaban J connectivity index is 0.000000339. The van der Waals surface area contributed by atoms with Gasteiger partial charge in [-0.1, -0.05) is 11.2 Å². The molecule has 0 spiro atoms. The first-order chi connectivity index (χ1) is 14.7. The molecule has 31 heavy (non-hydrogen) atoms. The average Bonchev–Trinajstić information content (AvgIpc) is 3.34. The maximum absolute atomic E-state index is 12.7. The molecule has 4 rings (SSSR count). The van der Waals surface area contributed by atoms with Gasteiger partial charge < -0.3 is 24.0 Å². The van der Waals surface area contributed by atoms with Crippen molar-refractivity contribution in [3.05, 3.63) is 41.9 Å². The van der Waals surface area contributed by atoms with Gasteiger partial charge in [-0.15, -0.1) is 0 Å². The summed E-state index contributed by atoms with van der Waals surface area (Å²) >= 11 is 0. The van der Waals surface area contributed by atoms with Crippen molar-refractivity contribution in [3.8, 4) is 5.88 Å². The van der Waals surface area contributed by atoms with Crippen molar-refractivity contribution in [2.24, 2.45) is 0 Å². The van der Waals surface area contributed by atoms with Crippen LogP contribution in [0.5, 0.6) is 5.88 Å². The summed E-state index contributed by atoms with van der Waals surface area (Å²) in [5.74, 6) is -1.65. The van der Waals surface area contributed by atoms with E-state index in [0.29, 0.717) is 30.5 Å². The van der Waals surface area contributed by atoms with Gasteiger partial charge in [0.2, 0.25) is 5.88 Å². The Morgan fingerprint density at radius 3 is 2.61 bits per heavy atom. The number of halogens is 3. The fraction of sp³-hybridized carbons (Fsp3) is 0.474. The van der Waals surface area contributed by atoms with Crippen LogP contribution in [0.2, 0.25) is 0 Å². The number of hydrogen-bond donors (Lipinski definition) is 1. The third kappa shape index (κ3) is 5.51. The zero-order chi connectivity index (χ0) is 22.6. The monoisotopic (exact) mass is 443 g/mol. The number of aliphatic carboxylic acids is 1. The highest BCUT2D eigenvalue weighted by Crippen LogP contribution is 2.33. The molecule has 9 nitrogen and oxygen atoms in total. The highest BCUT2D eigenvalue weighted by atomic mass is 19.4. The Morgan fingerprint density at radius 1 is 1.29 bits per heavy atom. The number of ether oxygens (including phenoxy) is 2. The van der Waals surface area contributed by atoms with Gasteiger partial charge in [0.1, 0.15) is 18.0 Å². The molecule has 2 aliphatic rings. The largest absolute Gasteiger partial charge is 0.490 e.